The first-order valence-electron chi connectivity index (χ1n) is 7.93. The van der Waals surface area contributed by atoms with Gasteiger partial charge in [0, 0.05) is 11.6 Å². The number of aryl methyl sites for hydroxylation is 2. The highest BCUT2D eigenvalue weighted by atomic mass is 16.3. The minimum absolute atomic E-state index is 0.0841. The molecule has 3 heteroatoms. The summed E-state index contributed by atoms with van der Waals surface area (Å²) < 4.78 is 1.91. The fourth-order valence-electron chi connectivity index (χ4n) is 2.88. The van der Waals surface area contributed by atoms with Crippen molar-refractivity contribution in [2.45, 2.75) is 33.7 Å². The lowest BCUT2D eigenvalue weighted by Crippen LogP contribution is -2.05. The second-order valence-corrected chi connectivity index (χ2v) is 6.27. The van der Waals surface area contributed by atoms with E-state index in [2.05, 4.69) is 57.1 Å². The number of aromatic nitrogens is 2. The molecule has 1 N–H and O–H groups in total. The van der Waals surface area contributed by atoms with Gasteiger partial charge in [-0.25, -0.2) is 0 Å². The van der Waals surface area contributed by atoms with Crippen LogP contribution < -0.4 is 0 Å². The standard InChI is InChI=1S/C20H22N2O/c1-13(2)22-19(17-8-6-5-7-15(17)4)18(20(23)21-22)16-11-9-14(3)10-12-16/h5-13H,1-4H3,(H,21,23). The average Bonchev–Trinajstić information content (AvgIpc) is 2.86. The Kier molecular flexibility index (Phi) is 3.95. The Labute approximate surface area is 137 Å². The maximum atomic E-state index is 10.5. The van der Waals surface area contributed by atoms with Crippen molar-refractivity contribution in [3.8, 4) is 28.3 Å². The molecule has 1 heterocycles. The van der Waals surface area contributed by atoms with Gasteiger partial charge in [0.2, 0.25) is 5.88 Å². The van der Waals surface area contributed by atoms with Gasteiger partial charge in [-0.15, -0.1) is 5.10 Å². The van der Waals surface area contributed by atoms with Crippen LogP contribution in [-0.2, 0) is 0 Å². The molecule has 0 aliphatic rings. The van der Waals surface area contributed by atoms with Gasteiger partial charge in [0.1, 0.15) is 0 Å². The molecule has 0 atom stereocenters. The molecule has 23 heavy (non-hydrogen) atoms. The highest BCUT2D eigenvalue weighted by Crippen LogP contribution is 2.41. The lowest BCUT2D eigenvalue weighted by atomic mass is 9.97. The lowest BCUT2D eigenvalue weighted by molar-refractivity contribution is 0.428. The van der Waals surface area contributed by atoms with Gasteiger partial charge < -0.3 is 5.11 Å². The Morgan fingerprint density at radius 1 is 0.957 bits per heavy atom. The summed E-state index contributed by atoms with van der Waals surface area (Å²) in [5.74, 6) is 0.0841. The molecule has 1 aromatic heterocycles. The minimum atomic E-state index is 0.0841. The van der Waals surface area contributed by atoms with Crippen LogP contribution in [-0.4, -0.2) is 14.9 Å². The zero-order valence-electron chi connectivity index (χ0n) is 14.0. The molecule has 0 aliphatic heterocycles. The smallest absolute Gasteiger partial charge is 0.238 e. The van der Waals surface area contributed by atoms with E-state index in [0.29, 0.717) is 0 Å². The molecule has 3 aromatic rings. The van der Waals surface area contributed by atoms with E-state index in [4.69, 9.17) is 0 Å². The van der Waals surface area contributed by atoms with Crippen molar-refractivity contribution in [3.05, 3.63) is 59.7 Å². The van der Waals surface area contributed by atoms with Crippen molar-refractivity contribution in [1.82, 2.24) is 9.78 Å². The van der Waals surface area contributed by atoms with E-state index in [0.717, 1.165) is 22.4 Å². The van der Waals surface area contributed by atoms with Crippen molar-refractivity contribution < 1.29 is 5.11 Å². The van der Waals surface area contributed by atoms with Crippen LogP contribution in [0.15, 0.2) is 48.5 Å². The van der Waals surface area contributed by atoms with E-state index in [-0.39, 0.29) is 11.9 Å². The minimum Gasteiger partial charge on any atom is -0.492 e. The first kappa shape index (κ1) is 15.3. The van der Waals surface area contributed by atoms with E-state index >= 15 is 0 Å². The second-order valence-electron chi connectivity index (χ2n) is 6.27. The highest BCUT2D eigenvalue weighted by Gasteiger charge is 2.22. The summed E-state index contributed by atoms with van der Waals surface area (Å²) in [5, 5.41) is 14.9. The number of hydrogen-bond acceptors (Lipinski definition) is 2. The second kappa shape index (κ2) is 5.92. The summed E-state index contributed by atoms with van der Waals surface area (Å²) in [7, 11) is 0. The molecule has 0 amide bonds. The van der Waals surface area contributed by atoms with Gasteiger partial charge in [-0.1, -0.05) is 54.1 Å². The highest BCUT2D eigenvalue weighted by molar-refractivity contribution is 5.86. The Morgan fingerprint density at radius 2 is 1.61 bits per heavy atom. The van der Waals surface area contributed by atoms with Crippen molar-refractivity contribution in [1.29, 1.82) is 0 Å². The molecule has 0 saturated heterocycles. The molecule has 0 aliphatic carbocycles. The topological polar surface area (TPSA) is 38.1 Å². The normalized spacial score (nSPS) is 11.2. The third-order valence-corrected chi connectivity index (χ3v) is 4.12. The quantitative estimate of drug-likeness (QED) is 0.729. The summed E-state index contributed by atoms with van der Waals surface area (Å²) in [6, 6.07) is 16.6. The van der Waals surface area contributed by atoms with Crippen LogP contribution >= 0.6 is 0 Å². The summed E-state index contributed by atoms with van der Waals surface area (Å²) in [4.78, 5) is 0. The lowest BCUT2D eigenvalue weighted by Gasteiger charge is -2.14. The van der Waals surface area contributed by atoms with Gasteiger partial charge in [0.25, 0.3) is 0 Å². The molecule has 0 fully saturated rings. The molecule has 3 rings (SSSR count). The maximum Gasteiger partial charge on any atom is 0.238 e. The summed E-state index contributed by atoms with van der Waals surface area (Å²) in [5.41, 5.74) is 6.22. The average molecular weight is 306 g/mol. The van der Waals surface area contributed by atoms with Crippen LogP contribution in [0.5, 0.6) is 5.88 Å². The van der Waals surface area contributed by atoms with Crippen molar-refractivity contribution >= 4 is 0 Å². The van der Waals surface area contributed by atoms with Crippen molar-refractivity contribution in [2.24, 2.45) is 0 Å². The van der Waals surface area contributed by atoms with E-state index in [1.807, 2.05) is 28.9 Å². The van der Waals surface area contributed by atoms with E-state index in [9.17, 15) is 5.11 Å². The monoisotopic (exact) mass is 306 g/mol. The fraction of sp³-hybridized carbons (Fsp3) is 0.250. The third kappa shape index (κ3) is 2.74. The predicted molar refractivity (Wildman–Crippen MR) is 94.6 cm³/mol. The summed E-state index contributed by atoms with van der Waals surface area (Å²) in [6.07, 6.45) is 0. The first-order chi connectivity index (χ1) is 11.0. The Morgan fingerprint density at radius 3 is 2.22 bits per heavy atom. The third-order valence-electron chi connectivity index (χ3n) is 4.12. The molecular formula is C20H22N2O. The van der Waals surface area contributed by atoms with Gasteiger partial charge in [-0.3, -0.25) is 4.68 Å². The van der Waals surface area contributed by atoms with Crippen LogP contribution in [0.25, 0.3) is 22.4 Å². The Bertz CT molecular complexity index is 829. The first-order valence-corrected chi connectivity index (χ1v) is 7.93. The summed E-state index contributed by atoms with van der Waals surface area (Å²) >= 11 is 0. The van der Waals surface area contributed by atoms with Gasteiger partial charge in [0.05, 0.1) is 11.3 Å². The van der Waals surface area contributed by atoms with E-state index in [1.165, 1.54) is 11.1 Å². The SMILES string of the molecule is Cc1ccc(-c2c(O)nn(C(C)C)c2-c2ccccc2C)cc1. The largest absolute Gasteiger partial charge is 0.492 e. The van der Waals surface area contributed by atoms with Gasteiger partial charge in [-0.05, 0) is 38.8 Å². The zero-order chi connectivity index (χ0) is 16.6. The molecule has 2 aromatic carbocycles. The maximum absolute atomic E-state index is 10.5. The van der Waals surface area contributed by atoms with Crippen LogP contribution in [0.4, 0.5) is 0 Å². The van der Waals surface area contributed by atoms with Crippen LogP contribution in [0.2, 0.25) is 0 Å². The van der Waals surface area contributed by atoms with Gasteiger partial charge in [-0.2, -0.15) is 0 Å². The van der Waals surface area contributed by atoms with Gasteiger partial charge in [0.15, 0.2) is 0 Å². The van der Waals surface area contributed by atoms with Gasteiger partial charge >= 0.3 is 0 Å². The fourth-order valence-corrected chi connectivity index (χ4v) is 2.88. The Hall–Kier alpha value is -2.55. The number of benzene rings is 2. The van der Waals surface area contributed by atoms with Crippen LogP contribution in [0, 0.1) is 13.8 Å². The van der Waals surface area contributed by atoms with Crippen molar-refractivity contribution in [3.63, 3.8) is 0 Å². The summed E-state index contributed by atoms with van der Waals surface area (Å²) in [6.45, 7) is 8.30. The van der Waals surface area contributed by atoms with E-state index < -0.39 is 0 Å². The molecule has 0 bridgehead atoms. The molecular weight excluding hydrogens is 284 g/mol. The van der Waals surface area contributed by atoms with Crippen molar-refractivity contribution in [2.75, 3.05) is 0 Å². The molecule has 3 nitrogen and oxygen atoms in total. The number of nitrogens with zero attached hydrogens (tertiary/aromatic N) is 2. The number of aromatic hydroxyl groups is 1. The number of hydrogen-bond donors (Lipinski definition) is 1. The molecule has 0 spiro atoms. The number of rotatable bonds is 3. The Balaban J connectivity index is 2.32. The zero-order valence-corrected chi connectivity index (χ0v) is 14.0. The predicted octanol–water partition coefficient (Wildman–Crippen LogP) is 5.12. The molecule has 0 saturated carbocycles. The van der Waals surface area contributed by atoms with E-state index in [1.54, 1.807) is 0 Å². The molecule has 0 radical (unpaired) electrons. The molecule has 0 unspecified atom stereocenters. The van der Waals surface area contributed by atoms with Crippen LogP contribution in [0.3, 0.4) is 0 Å². The van der Waals surface area contributed by atoms with Crippen LogP contribution in [0.1, 0.15) is 31.0 Å². The molecule has 118 valence electrons.